The van der Waals surface area contributed by atoms with Crippen LogP contribution < -0.4 is 10.1 Å². The lowest BCUT2D eigenvalue weighted by molar-refractivity contribution is 0.229. The summed E-state index contributed by atoms with van der Waals surface area (Å²) in [7, 11) is 0. The molecule has 1 atom stereocenters. The Morgan fingerprint density at radius 3 is 3.07 bits per heavy atom. The molecule has 0 radical (unpaired) electrons. The molecule has 1 aromatic carbocycles. The van der Waals surface area contributed by atoms with Crippen molar-refractivity contribution in [1.29, 1.82) is 0 Å². The molecule has 3 heteroatoms. The fourth-order valence-corrected chi connectivity index (χ4v) is 3.24. The van der Waals surface area contributed by atoms with Crippen LogP contribution in [0.15, 0.2) is 18.2 Å². The summed E-state index contributed by atoms with van der Waals surface area (Å²) in [6, 6.07) is 6.49. The molecule has 1 saturated heterocycles. The van der Waals surface area contributed by atoms with E-state index in [4.69, 9.17) is 4.74 Å². The summed E-state index contributed by atoms with van der Waals surface area (Å²) in [4.78, 5) is 0. The van der Waals surface area contributed by atoms with Gasteiger partial charge in [0.15, 0.2) is 0 Å². The third-order valence-corrected chi connectivity index (χ3v) is 4.13. The molecular formula is C12H15NOS. The Labute approximate surface area is 94.4 Å². The number of thioether (sulfide) groups is 1. The third kappa shape index (κ3) is 1.99. The molecule has 80 valence electrons. The van der Waals surface area contributed by atoms with Gasteiger partial charge in [0.25, 0.3) is 0 Å². The summed E-state index contributed by atoms with van der Waals surface area (Å²) >= 11 is 1.99. The van der Waals surface area contributed by atoms with E-state index in [0.29, 0.717) is 6.10 Å². The van der Waals surface area contributed by atoms with E-state index in [1.807, 2.05) is 11.8 Å². The van der Waals surface area contributed by atoms with Crippen LogP contribution >= 0.6 is 11.8 Å². The van der Waals surface area contributed by atoms with Gasteiger partial charge >= 0.3 is 0 Å². The van der Waals surface area contributed by atoms with E-state index in [1.165, 1.54) is 23.3 Å². The van der Waals surface area contributed by atoms with Crippen molar-refractivity contribution in [2.24, 2.45) is 0 Å². The minimum absolute atomic E-state index is 0.433. The van der Waals surface area contributed by atoms with Crippen LogP contribution in [0, 0.1) is 0 Å². The van der Waals surface area contributed by atoms with Crippen molar-refractivity contribution < 1.29 is 4.74 Å². The summed E-state index contributed by atoms with van der Waals surface area (Å²) in [5.41, 5.74) is 2.82. The van der Waals surface area contributed by atoms with Crippen molar-refractivity contribution in [3.05, 3.63) is 29.3 Å². The van der Waals surface area contributed by atoms with Crippen LogP contribution in [-0.4, -0.2) is 17.6 Å². The minimum Gasteiger partial charge on any atom is -0.490 e. The van der Waals surface area contributed by atoms with Gasteiger partial charge in [0.1, 0.15) is 11.9 Å². The maximum absolute atomic E-state index is 5.95. The molecule has 3 rings (SSSR count). The Hall–Kier alpha value is -0.670. The Morgan fingerprint density at radius 2 is 2.20 bits per heavy atom. The molecule has 1 N–H and O–H groups in total. The number of rotatable bonds is 2. The molecule has 2 nitrogen and oxygen atoms in total. The van der Waals surface area contributed by atoms with Crippen LogP contribution in [0.4, 0.5) is 0 Å². The van der Waals surface area contributed by atoms with Gasteiger partial charge in [-0.2, -0.15) is 11.8 Å². The molecule has 1 aromatic rings. The topological polar surface area (TPSA) is 21.3 Å². The first-order chi connectivity index (χ1) is 7.42. The Balaban J connectivity index is 1.75. The zero-order valence-electron chi connectivity index (χ0n) is 8.66. The van der Waals surface area contributed by atoms with Gasteiger partial charge in [-0.1, -0.05) is 6.07 Å². The van der Waals surface area contributed by atoms with Crippen LogP contribution in [0.25, 0.3) is 0 Å². The van der Waals surface area contributed by atoms with E-state index in [0.717, 1.165) is 24.6 Å². The molecule has 2 aliphatic heterocycles. The maximum Gasteiger partial charge on any atom is 0.120 e. The maximum atomic E-state index is 5.95. The standard InChI is InChI=1S/C12H15NOS/c1-2-11(14-12-3-4-15-8-12)5-10-7-13-6-9(1)10/h1-2,5,12-13H,3-4,6-8H2. The molecule has 15 heavy (non-hydrogen) atoms. The fraction of sp³-hybridized carbons (Fsp3) is 0.500. The lowest BCUT2D eigenvalue weighted by Gasteiger charge is -2.13. The van der Waals surface area contributed by atoms with Crippen LogP contribution in [0.3, 0.4) is 0 Å². The largest absolute Gasteiger partial charge is 0.490 e. The normalized spacial score (nSPS) is 24.1. The zero-order chi connectivity index (χ0) is 10.1. The van der Waals surface area contributed by atoms with Crippen molar-refractivity contribution in [2.75, 3.05) is 11.5 Å². The van der Waals surface area contributed by atoms with Crippen LogP contribution in [0.2, 0.25) is 0 Å². The quantitative estimate of drug-likeness (QED) is 0.827. The van der Waals surface area contributed by atoms with Gasteiger partial charge in [0.2, 0.25) is 0 Å². The monoisotopic (exact) mass is 221 g/mol. The van der Waals surface area contributed by atoms with E-state index >= 15 is 0 Å². The summed E-state index contributed by atoms with van der Waals surface area (Å²) in [5.74, 6) is 3.44. The highest BCUT2D eigenvalue weighted by atomic mass is 32.2. The number of hydrogen-bond acceptors (Lipinski definition) is 3. The number of hydrogen-bond donors (Lipinski definition) is 1. The molecule has 0 spiro atoms. The summed E-state index contributed by atoms with van der Waals surface area (Å²) in [6.07, 6.45) is 1.63. The van der Waals surface area contributed by atoms with Crippen LogP contribution in [0.5, 0.6) is 5.75 Å². The highest BCUT2D eigenvalue weighted by molar-refractivity contribution is 7.99. The first-order valence-electron chi connectivity index (χ1n) is 5.49. The molecule has 2 heterocycles. The van der Waals surface area contributed by atoms with Crippen LogP contribution in [-0.2, 0) is 13.1 Å². The fourth-order valence-electron chi connectivity index (χ4n) is 2.14. The van der Waals surface area contributed by atoms with Crippen molar-refractivity contribution in [1.82, 2.24) is 5.32 Å². The van der Waals surface area contributed by atoms with Gasteiger partial charge in [0.05, 0.1) is 0 Å². The predicted octanol–water partition coefficient (Wildman–Crippen LogP) is 2.17. The van der Waals surface area contributed by atoms with Crippen molar-refractivity contribution >= 4 is 11.8 Å². The van der Waals surface area contributed by atoms with Crippen molar-refractivity contribution in [3.63, 3.8) is 0 Å². The number of ether oxygens (including phenoxy) is 1. The van der Waals surface area contributed by atoms with Gasteiger partial charge in [-0.05, 0) is 35.4 Å². The molecule has 0 aliphatic carbocycles. The first kappa shape index (κ1) is 9.55. The lowest BCUT2D eigenvalue weighted by atomic mass is 10.1. The van der Waals surface area contributed by atoms with Gasteiger partial charge in [-0.3, -0.25) is 0 Å². The van der Waals surface area contributed by atoms with Gasteiger partial charge in [0, 0.05) is 18.8 Å². The summed E-state index contributed by atoms with van der Waals surface area (Å²) < 4.78 is 5.95. The molecular weight excluding hydrogens is 206 g/mol. The van der Waals surface area contributed by atoms with Crippen molar-refractivity contribution in [2.45, 2.75) is 25.6 Å². The molecule has 0 bridgehead atoms. The number of nitrogens with one attached hydrogen (secondary N) is 1. The molecule has 0 saturated carbocycles. The highest BCUT2D eigenvalue weighted by Crippen LogP contribution is 2.26. The van der Waals surface area contributed by atoms with Crippen molar-refractivity contribution in [3.8, 4) is 5.75 Å². The average molecular weight is 221 g/mol. The average Bonchev–Trinajstić information content (AvgIpc) is 2.87. The molecule has 0 aromatic heterocycles. The predicted molar refractivity (Wildman–Crippen MR) is 63.3 cm³/mol. The smallest absolute Gasteiger partial charge is 0.120 e. The van der Waals surface area contributed by atoms with E-state index in [2.05, 4.69) is 23.5 Å². The zero-order valence-corrected chi connectivity index (χ0v) is 9.48. The molecule has 1 fully saturated rings. The van der Waals surface area contributed by atoms with Gasteiger partial charge < -0.3 is 10.1 Å². The Bertz CT molecular complexity index is 361. The van der Waals surface area contributed by atoms with E-state index in [9.17, 15) is 0 Å². The second-order valence-corrected chi connectivity index (χ2v) is 5.29. The first-order valence-corrected chi connectivity index (χ1v) is 6.64. The number of benzene rings is 1. The summed E-state index contributed by atoms with van der Waals surface area (Å²) in [6.45, 7) is 2.00. The van der Waals surface area contributed by atoms with Gasteiger partial charge in [-0.15, -0.1) is 0 Å². The Kier molecular flexibility index (Phi) is 2.59. The molecule has 0 amide bonds. The third-order valence-electron chi connectivity index (χ3n) is 3.00. The summed E-state index contributed by atoms with van der Waals surface area (Å²) in [5, 5.41) is 3.35. The lowest BCUT2D eigenvalue weighted by Crippen LogP contribution is -2.14. The second kappa shape index (κ2) is 4.06. The molecule has 2 aliphatic rings. The van der Waals surface area contributed by atoms with E-state index < -0.39 is 0 Å². The highest BCUT2D eigenvalue weighted by Gasteiger charge is 2.18. The van der Waals surface area contributed by atoms with Gasteiger partial charge in [-0.25, -0.2) is 0 Å². The minimum atomic E-state index is 0.433. The van der Waals surface area contributed by atoms with Crippen LogP contribution in [0.1, 0.15) is 17.5 Å². The van der Waals surface area contributed by atoms with E-state index in [1.54, 1.807) is 0 Å². The molecule has 1 unspecified atom stereocenters. The number of fused-ring (bicyclic) bond motifs is 1. The SMILES string of the molecule is c1cc2c(cc1OC1CCSC1)CNC2. The second-order valence-electron chi connectivity index (χ2n) is 4.14. The van der Waals surface area contributed by atoms with E-state index in [-0.39, 0.29) is 0 Å². The Morgan fingerprint density at radius 1 is 1.27 bits per heavy atom.